The second-order valence-electron chi connectivity index (χ2n) is 8.46. The number of carbonyl (C=O) groups excluding carboxylic acids is 2. The molecule has 9 rings (SSSR count). The highest BCUT2D eigenvalue weighted by Crippen LogP contribution is 2.82. The molecule has 5 saturated heterocycles. The minimum atomic E-state index is -5.58. The third-order valence-electron chi connectivity index (χ3n) is 5.89. The fourth-order valence-electron chi connectivity index (χ4n) is 4.18. The van der Waals surface area contributed by atoms with Gasteiger partial charge in [0, 0.05) is 0 Å². The van der Waals surface area contributed by atoms with Crippen LogP contribution in [0.1, 0.15) is 6.42 Å². The molecule has 0 radical (unpaired) electrons. The highest BCUT2D eigenvalue weighted by atomic mass is 79.9. The Morgan fingerprint density at radius 2 is 1.79 bits per heavy atom. The molecule has 29 heteroatoms. The summed E-state index contributed by atoms with van der Waals surface area (Å²) in [7, 11) is -15.4. The predicted octanol–water partition coefficient (Wildman–Crippen LogP) is -1.50. The highest BCUT2D eigenvalue weighted by Gasteiger charge is 2.95. The monoisotopic (exact) mass is 730 g/mol. The first-order chi connectivity index (χ1) is 19.6. The summed E-state index contributed by atoms with van der Waals surface area (Å²) in [5.74, 6) is -14.7. The van der Waals surface area contributed by atoms with Crippen LogP contribution in [0, 0.1) is 0 Å². The molecule has 0 saturated carbocycles. The Labute approximate surface area is 235 Å². The second kappa shape index (κ2) is 8.83. The molecule has 0 amide bonds. The van der Waals surface area contributed by atoms with Crippen LogP contribution < -0.4 is 21.2 Å². The van der Waals surface area contributed by atoms with E-state index in [4.69, 9.17) is 42.7 Å². The van der Waals surface area contributed by atoms with Gasteiger partial charge in [-0.2, -0.15) is 9.87 Å². The van der Waals surface area contributed by atoms with E-state index in [0.717, 1.165) is 0 Å². The first-order valence-corrected chi connectivity index (χ1v) is 15.9. The Morgan fingerprint density at radius 3 is 2.48 bits per heavy atom. The quantitative estimate of drug-likeness (QED) is 0.235. The van der Waals surface area contributed by atoms with Crippen LogP contribution in [-0.4, -0.2) is 62.0 Å². The standard InChI is InChI=1S/C13H10BrN4O21P3/c14-6-7-16-10(22)17(8(6)30-40(24)37-28-5(20)1-3(15)9(21)29-38-40)13-12(23)11(4(2-19)27-13,32-41(25,33-12)34-13)31-39-42(26)35-18(7)36-42/h3-4,19,23H,1-2,15H2/t3?,4-,11+,12-,13?,40?,41?/m1/s1. The molecule has 1 aromatic rings. The predicted molar refractivity (Wildman–Crippen MR) is 114 cm³/mol. The Kier molecular flexibility index (Phi) is 6.06. The molecule has 4 N–H and O–H groups in total. The van der Waals surface area contributed by atoms with Gasteiger partial charge in [-0.15, -0.1) is 13.9 Å². The van der Waals surface area contributed by atoms with E-state index in [1.807, 2.05) is 0 Å². The van der Waals surface area contributed by atoms with Crippen molar-refractivity contribution >= 4 is 57.2 Å². The van der Waals surface area contributed by atoms with E-state index in [2.05, 4.69) is 44.7 Å². The maximum atomic E-state index is 13.5. The van der Waals surface area contributed by atoms with Crippen molar-refractivity contribution in [1.29, 1.82) is 0 Å². The topological polar surface area (TPSA) is 310 Å². The van der Waals surface area contributed by atoms with E-state index < -0.39 is 99.9 Å². The number of halogens is 1. The molecular weight excluding hydrogens is 721 g/mol. The zero-order valence-electron chi connectivity index (χ0n) is 19.4. The number of anilines is 1. The number of hydrogen-bond acceptors (Lipinski definition) is 24. The van der Waals surface area contributed by atoms with E-state index in [0.29, 0.717) is 0 Å². The van der Waals surface area contributed by atoms with Crippen molar-refractivity contribution in [3.8, 4) is 5.88 Å². The number of aliphatic hydroxyl groups excluding tert-OH is 1. The van der Waals surface area contributed by atoms with Gasteiger partial charge in [0.1, 0.15) is 16.6 Å². The van der Waals surface area contributed by atoms with Gasteiger partial charge in [-0.25, -0.2) is 46.2 Å². The van der Waals surface area contributed by atoms with Crippen LogP contribution in [0.15, 0.2) is 9.27 Å². The van der Waals surface area contributed by atoms with E-state index in [1.54, 1.807) is 0 Å². The molecule has 0 spiro atoms. The lowest BCUT2D eigenvalue weighted by Gasteiger charge is -2.41. The number of phosphoric acid groups is 3. The number of nitrogens with two attached hydrogens (primary N) is 1. The maximum Gasteiger partial charge on any atom is 0.605 e. The molecule has 230 valence electrons. The molecule has 7 atom stereocenters. The minimum absolute atomic E-state index is 0.0336. The van der Waals surface area contributed by atoms with Crippen LogP contribution in [-0.2, 0) is 85.4 Å². The SMILES string of the molecule is NC1CC(=O)OOP(=O)(Oc2c(Br)c3nc(=O)n2C24O[C@H](CO)[C@]5(OOP6(=O)ON3O6)OP(=O)(O2)O[C@@]45O)OOC1=O. The highest BCUT2D eigenvalue weighted by molar-refractivity contribution is 9.10. The number of hydrogen-bond donors (Lipinski definition) is 3. The summed E-state index contributed by atoms with van der Waals surface area (Å²) in [5.41, 5.74) is 3.78. The summed E-state index contributed by atoms with van der Waals surface area (Å²) in [6.07, 6.45) is -2.91. The summed E-state index contributed by atoms with van der Waals surface area (Å²) in [6, 6.07) is -1.67. The summed E-state index contributed by atoms with van der Waals surface area (Å²) in [4.78, 5) is 54.5. The minimum Gasteiger partial charge on any atom is -0.393 e. The molecule has 8 aliphatic heterocycles. The second-order valence-corrected chi connectivity index (χ2v) is 13.4. The van der Waals surface area contributed by atoms with Crippen molar-refractivity contribution in [2.45, 2.75) is 36.1 Å². The third kappa shape index (κ3) is 3.69. The Morgan fingerprint density at radius 1 is 1.07 bits per heavy atom. The lowest BCUT2D eigenvalue weighted by Crippen LogP contribution is -2.66. The molecular formula is C13H10BrN4O21P3. The van der Waals surface area contributed by atoms with E-state index >= 15 is 0 Å². The van der Waals surface area contributed by atoms with E-state index in [9.17, 15) is 38.3 Å². The van der Waals surface area contributed by atoms with Crippen LogP contribution in [0.3, 0.4) is 0 Å². The first-order valence-electron chi connectivity index (χ1n) is 10.7. The zero-order chi connectivity index (χ0) is 30.1. The molecule has 0 aliphatic carbocycles. The molecule has 9 heterocycles. The maximum absolute atomic E-state index is 13.5. The molecule has 25 nitrogen and oxygen atoms in total. The molecule has 4 unspecified atom stereocenters. The molecule has 8 aliphatic rings. The molecule has 8 bridgehead atoms. The van der Waals surface area contributed by atoms with Crippen molar-refractivity contribution in [1.82, 2.24) is 9.55 Å². The normalized spacial score (nSPS) is 45.6. The Bertz CT molecular complexity index is 1650. The van der Waals surface area contributed by atoms with Gasteiger partial charge in [-0.05, 0) is 15.9 Å². The van der Waals surface area contributed by atoms with Gasteiger partial charge in [0.05, 0.1) is 13.0 Å². The average molecular weight is 731 g/mol. The first kappa shape index (κ1) is 28.8. The van der Waals surface area contributed by atoms with Gasteiger partial charge >= 0.3 is 58.6 Å². The lowest BCUT2D eigenvalue weighted by molar-refractivity contribution is -0.447. The number of fused-ring (bicyclic) bond motifs is 2. The van der Waals surface area contributed by atoms with E-state index in [-0.39, 0.29) is 9.79 Å². The number of phosphoric ester groups is 1. The van der Waals surface area contributed by atoms with E-state index in [1.165, 1.54) is 0 Å². The zero-order valence-corrected chi connectivity index (χ0v) is 23.6. The number of carbonyl (C=O) groups is 2. The summed E-state index contributed by atoms with van der Waals surface area (Å²) in [6.45, 7) is -1.20. The number of aliphatic hydroxyl groups is 2. The lowest BCUT2D eigenvalue weighted by atomic mass is 10.0. The van der Waals surface area contributed by atoms with Gasteiger partial charge < -0.3 is 25.2 Å². The summed E-state index contributed by atoms with van der Waals surface area (Å²) >= 11 is 2.91. The van der Waals surface area contributed by atoms with Crippen molar-refractivity contribution in [3.05, 3.63) is 15.0 Å². The number of nitrogens with zero attached hydrogens (tertiary/aromatic N) is 3. The van der Waals surface area contributed by atoms with Gasteiger partial charge in [-0.3, -0.25) is 9.78 Å². The van der Waals surface area contributed by atoms with Gasteiger partial charge in [0.15, 0.2) is 0 Å². The number of rotatable bonds is 3. The van der Waals surface area contributed by atoms with Crippen molar-refractivity contribution in [3.63, 3.8) is 0 Å². The Hall–Kier alpha value is -1.93. The number of aromatic nitrogens is 2. The van der Waals surface area contributed by atoms with Gasteiger partial charge in [0.2, 0.25) is 11.7 Å². The molecule has 0 aromatic carbocycles. The van der Waals surface area contributed by atoms with Crippen molar-refractivity contribution in [2.24, 2.45) is 5.73 Å². The van der Waals surface area contributed by atoms with Gasteiger partial charge in [-0.1, -0.05) is 14.6 Å². The number of ether oxygens (including phenoxy) is 1. The molecule has 1 aromatic heterocycles. The van der Waals surface area contributed by atoms with Crippen LogP contribution in [0.4, 0.5) is 5.82 Å². The van der Waals surface area contributed by atoms with Crippen LogP contribution in [0.25, 0.3) is 0 Å². The van der Waals surface area contributed by atoms with Gasteiger partial charge in [0.25, 0.3) is 0 Å². The van der Waals surface area contributed by atoms with Crippen LogP contribution in [0.5, 0.6) is 5.88 Å². The molecule has 42 heavy (non-hydrogen) atoms. The smallest absolute Gasteiger partial charge is 0.393 e. The van der Waals surface area contributed by atoms with Crippen LogP contribution in [0.2, 0.25) is 0 Å². The Balaban J connectivity index is 1.45. The van der Waals surface area contributed by atoms with Crippen molar-refractivity contribution < 1.29 is 94.3 Å². The summed E-state index contributed by atoms with van der Waals surface area (Å²) < 4.78 is 87.9. The average Bonchev–Trinajstić information content (AvgIpc) is 3.32. The summed E-state index contributed by atoms with van der Waals surface area (Å²) in [5, 5.41) is 21.9. The van der Waals surface area contributed by atoms with Crippen LogP contribution >= 0.6 is 39.4 Å². The fourth-order valence-corrected chi connectivity index (χ4v) is 8.23. The molecule has 5 fully saturated rings. The largest absolute Gasteiger partial charge is 0.605 e. The third-order valence-corrected chi connectivity index (χ3v) is 9.90. The van der Waals surface area contributed by atoms with Crippen molar-refractivity contribution in [2.75, 3.05) is 11.8 Å². The fraction of sp³-hybridized carbons (Fsp3) is 0.538.